The molecule has 7 nitrogen and oxygen atoms in total. The van der Waals surface area contributed by atoms with Gasteiger partial charge in [-0.05, 0) is 47.0 Å². The van der Waals surface area contributed by atoms with Gasteiger partial charge >= 0.3 is 12.1 Å². The molecule has 0 radical (unpaired) electrons. The molecule has 2 N–H and O–H groups in total. The van der Waals surface area contributed by atoms with Gasteiger partial charge in [0.25, 0.3) is 0 Å². The summed E-state index contributed by atoms with van der Waals surface area (Å²) in [5.41, 5.74) is -0.406. The SMILES string of the molecule is CCC(CC)C1=NOC2C(C(=O)O)CC(NC(=O)OC(C)(C)C)C12C. The van der Waals surface area contributed by atoms with Gasteiger partial charge in [0, 0.05) is 12.0 Å². The molecular weight excluding hydrogens is 324 g/mol. The van der Waals surface area contributed by atoms with Crippen molar-refractivity contribution in [1.29, 1.82) is 0 Å². The molecule has 1 heterocycles. The normalized spacial score (nSPS) is 31.3. The largest absolute Gasteiger partial charge is 0.481 e. The fraction of sp³-hybridized carbons (Fsp3) is 0.833. The molecule has 0 saturated heterocycles. The number of hydrogen-bond acceptors (Lipinski definition) is 5. The molecule has 142 valence electrons. The summed E-state index contributed by atoms with van der Waals surface area (Å²) in [5, 5.41) is 16.7. The van der Waals surface area contributed by atoms with Crippen LogP contribution in [0.4, 0.5) is 4.79 Å². The maximum atomic E-state index is 12.3. The van der Waals surface area contributed by atoms with Gasteiger partial charge in [0.1, 0.15) is 5.60 Å². The maximum Gasteiger partial charge on any atom is 0.407 e. The van der Waals surface area contributed by atoms with Crippen molar-refractivity contribution in [1.82, 2.24) is 5.32 Å². The first kappa shape index (κ1) is 19.5. The highest BCUT2D eigenvalue weighted by Gasteiger charge is 2.63. The Kier molecular flexibility index (Phi) is 5.35. The average Bonchev–Trinajstić information content (AvgIpc) is 2.94. The van der Waals surface area contributed by atoms with Crippen LogP contribution in [-0.4, -0.2) is 40.6 Å². The van der Waals surface area contributed by atoms with Crippen molar-refractivity contribution in [2.45, 2.75) is 78.6 Å². The molecule has 0 aromatic carbocycles. The second-order valence-electron chi connectivity index (χ2n) is 8.18. The van der Waals surface area contributed by atoms with Crippen molar-refractivity contribution >= 4 is 17.8 Å². The Balaban J connectivity index is 2.30. The maximum absolute atomic E-state index is 12.3. The minimum absolute atomic E-state index is 0.200. The summed E-state index contributed by atoms with van der Waals surface area (Å²) in [7, 11) is 0. The number of carboxylic acid groups (broad SMARTS) is 1. The van der Waals surface area contributed by atoms with Crippen LogP contribution in [0.3, 0.4) is 0 Å². The van der Waals surface area contributed by atoms with E-state index in [1.165, 1.54) is 0 Å². The van der Waals surface area contributed by atoms with Crippen LogP contribution in [0.25, 0.3) is 0 Å². The fourth-order valence-corrected chi connectivity index (χ4v) is 4.04. The lowest BCUT2D eigenvalue weighted by molar-refractivity contribution is -0.146. The van der Waals surface area contributed by atoms with Gasteiger partial charge in [-0.25, -0.2) is 4.79 Å². The lowest BCUT2D eigenvalue weighted by Crippen LogP contribution is -2.52. The average molecular weight is 354 g/mol. The van der Waals surface area contributed by atoms with E-state index in [0.29, 0.717) is 6.42 Å². The van der Waals surface area contributed by atoms with E-state index in [1.807, 2.05) is 6.92 Å². The fourth-order valence-electron chi connectivity index (χ4n) is 4.04. The van der Waals surface area contributed by atoms with Crippen LogP contribution in [0.2, 0.25) is 0 Å². The zero-order valence-electron chi connectivity index (χ0n) is 16.0. The van der Waals surface area contributed by atoms with Gasteiger partial charge in [-0.1, -0.05) is 19.0 Å². The Labute approximate surface area is 149 Å². The summed E-state index contributed by atoms with van der Waals surface area (Å²) in [6.45, 7) is 11.5. The summed E-state index contributed by atoms with van der Waals surface area (Å²) >= 11 is 0. The van der Waals surface area contributed by atoms with Gasteiger partial charge in [0.15, 0.2) is 6.10 Å². The van der Waals surface area contributed by atoms with Gasteiger partial charge in [0.05, 0.1) is 17.0 Å². The molecule has 1 amide bonds. The van der Waals surface area contributed by atoms with Crippen LogP contribution in [-0.2, 0) is 14.4 Å². The third-order valence-corrected chi connectivity index (χ3v) is 5.37. The molecule has 1 fully saturated rings. The number of alkyl carbamates (subject to hydrolysis) is 1. The number of aliphatic carboxylic acids is 1. The van der Waals surface area contributed by atoms with E-state index >= 15 is 0 Å². The van der Waals surface area contributed by atoms with Crippen LogP contribution in [0, 0.1) is 17.3 Å². The number of nitrogens with zero attached hydrogens (tertiary/aromatic N) is 1. The topological polar surface area (TPSA) is 97.2 Å². The van der Waals surface area contributed by atoms with E-state index in [4.69, 9.17) is 9.57 Å². The Bertz CT molecular complexity index is 564. The summed E-state index contributed by atoms with van der Waals surface area (Å²) < 4.78 is 5.36. The number of carbonyl (C=O) groups is 2. The number of carbonyl (C=O) groups excluding carboxylic acids is 1. The Hall–Kier alpha value is -1.79. The first-order chi connectivity index (χ1) is 11.5. The first-order valence-electron chi connectivity index (χ1n) is 9.01. The highest BCUT2D eigenvalue weighted by Crippen LogP contribution is 2.50. The molecule has 4 atom stereocenters. The molecule has 1 saturated carbocycles. The van der Waals surface area contributed by atoms with E-state index in [2.05, 4.69) is 24.3 Å². The summed E-state index contributed by atoms with van der Waals surface area (Å²) in [6.07, 6.45) is 0.963. The second-order valence-corrected chi connectivity index (χ2v) is 8.18. The molecule has 0 spiro atoms. The highest BCUT2D eigenvalue weighted by molar-refractivity contribution is 5.96. The van der Waals surface area contributed by atoms with Gasteiger partial charge < -0.3 is 20.0 Å². The van der Waals surface area contributed by atoms with Crippen molar-refractivity contribution in [3.8, 4) is 0 Å². The lowest BCUT2D eigenvalue weighted by atomic mass is 9.72. The predicted octanol–water partition coefficient (Wildman–Crippen LogP) is 3.18. The van der Waals surface area contributed by atoms with Crippen molar-refractivity contribution in [3.05, 3.63) is 0 Å². The predicted molar refractivity (Wildman–Crippen MR) is 93.4 cm³/mol. The molecule has 4 unspecified atom stereocenters. The second kappa shape index (κ2) is 6.84. The number of amides is 1. The third kappa shape index (κ3) is 3.60. The number of ether oxygens (including phenoxy) is 1. The first-order valence-corrected chi connectivity index (χ1v) is 9.01. The minimum Gasteiger partial charge on any atom is -0.481 e. The summed E-state index contributed by atoms with van der Waals surface area (Å²) in [4.78, 5) is 29.5. The Morgan fingerprint density at radius 1 is 1.40 bits per heavy atom. The number of fused-ring (bicyclic) bond motifs is 1. The molecule has 7 heteroatoms. The summed E-state index contributed by atoms with van der Waals surface area (Å²) in [5.74, 6) is -1.43. The number of carboxylic acids is 1. The molecule has 2 rings (SSSR count). The van der Waals surface area contributed by atoms with Crippen molar-refractivity contribution < 1.29 is 24.3 Å². The molecule has 1 aliphatic carbocycles. The molecule has 25 heavy (non-hydrogen) atoms. The molecular formula is C18H30N2O5. The van der Waals surface area contributed by atoms with Crippen molar-refractivity contribution in [2.75, 3.05) is 0 Å². The van der Waals surface area contributed by atoms with Gasteiger partial charge in [-0.2, -0.15) is 0 Å². The minimum atomic E-state index is -0.925. The van der Waals surface area contributed by atoms with Crippen LogP contribution in [0.15, 0.2) is 5.16 Å². The molecule has 0 bridgehead atoms. The molecule has 1 aliphatic heterocycles. The van der Waals surface area contributed by atoms with E-state index in [0.717, 1.165) is 18.6 Å². The lowest BCUT2D eigenvalue weighted by Gasteiger charge is -2.34. The highest BCUT2D eigenvalue weighted by atomic mass is 16.6. The molecule has 2 aliphatic rings. The van der Waals surface area contributed by atoms with E-state index in [1.54, 1.807) is 20.8 Å². The third-order valence-electron chi connectivity index (χ3n) is 5.37. The standard InChI is InChI=1S/C18H30N2O5/c1-7-10(8-2)13-18(6)12(19-16(23)24-17(3,4)5)9-11(15(21)22)14(18)25-20-13/h10-12,14H,7-9H2,1-6H3,(H,19,23)(H,21,22). The van der Waals surface area contributed by atoms with Crippen LogP contribution >= 0.6 is 0 Å². The quantitative estimate of drug-likeness (QED) is 0.790. The van der Waals surface area contributed by atoms with E-state index in [-0.39, 0.29) is 5.92 Å². The van der Waals surface area contributed by atoms with E-state index in [9.17, 15) is 14.7 Å². The molecule has 0 aromatic rings. The monoisotopic (exact) mass is 354 g/mol. The number of nitrogens with one attached hydrogen (secondary N) is 1. The molecule has 0 aromatic heterocycles. The Morgan fingerprint density at radius 2 is 2.00 bits per heavy atom. The number of oxime groups is 1. The zero-order valence-corrected chi connectivity index (χ0v) is 16.0. The van der Waals surface area contributed by atoms with Crippen molar-refractivity contribution in [2.24, 2.45) is 22.4 Å². The zero-order chi connectivity index (χ0) is 19.0. The van der Waals surface area contributed by atoms with Gasteiger partial charge in [-0.15, -0.1) is 0 Å². The van der Waals surface area contributed by atoms with Gasteiger partial charge in [0.2, 0.25) is 0 Å². The van der Waals surface area contributed by atoms with Crippen LogP contribution in [0.5, 0.6) is 0 Å². The smallest absolute Gasteiger partial charge is 0.407 e. The summed E-state index contributed by atoms with van der Waals surface area (Å²) in [6, 6.07) is -0.393. The number of hydrogen-bond donors (Lipinski definition) is 2. The number of rotatable bonds is 5. The van der Waals surface area contributed by atoms with E-state index < -0.39 is 41.1 Å². The van der Waals surface area contributed by atoms with Crippen LogP contribution < -0.4 is 5.32 Å². The Morgan fingerprint density at radius 3 is 2.48 bits per heavy atom. The van der Waals surface area contributed by atoms with Gasteiger partial charge in [-0.3, -0.25) is 4.79 Å². The van der Waals surface area contributed by atoms with Crippen molar-refractivity contribution in [3.63, 3.8) is 0 Å². The van der Waals surface area contributed by atoms with Crippen LogP contribution in [0.1, 0.15) is 60.8 Å².